The predicted octanol–water partition coefficient (Wildman–Crippen LogP) is 3.75. The van der Waals surface area contributed by atoms with Crippen molar-refractivity contribution in [3.8, 4) is 17.0 Å². The molecule has 2 heterocycles. The molecule has 4 rings (SSSR count). The van der Waals surface area contributed by atoms with Crippen LogP contribution in [0.5, 0.6) is 5.75 Å². The average molecular weight is 561 g/mol. The van der Waals surface area contributed by atoms with Gasteiger partial charge in [-0.05, 0) is 43.4 Å². The van der Waals surface area contributed by atoms with Gasteiger partial charge in [0, 0.05) is 30.0 Å². The summed E-state index contributed by atoms with van der Waals surface area (Å²) in [5.74, 6) is -0.295. The van der Waals surface area contributed by atoms with Crippen molar-refractivity contribution in [3.63, 3.8) is 0 Å². The van der Waals surface area contributed by atoms with Crippen LogP contribution in [0, 0.1) is 0 Å². The number of aromatic nitrogens is 1. The molecule has 2 aromatic carbocycles. The number of amides is 3. The van der Waals surface area contributed by atoms with Crippen molar-refractivity contribution in [3.05, 3.63) is 60.2 Å². The topological polar surface area (TPSA) is 135 Å². The number of benzene rings is 2. The van der Waals surface area contributed by atoms with Gasteiger partial charge in [-0.3, -0.25) is 14.4 Å². The Morgan fingerprint density at radius 2 is 1.95 bits per heavy atom. The van der Waals surface area contributed by atoms with E-state index in [-0.39, 0.29) is 25.5 Å². The molecule has 9 nitrogen and oxygen atoms in total. The summed E-state index contributed by atoms with van der Waals surface area (Å²) in [6, 6.07) is 16.4. The van der Waals surface area contributed by atoms with Gasteiger partial charge in [-0.2, -0.15) is 0 Å². The fourth-order valence-electron chi connectivity index (χ4n) is 5.41. The lowest BCUT2D eigenvalue weighted by atomic mass is 10.0. The monoisotopic (exact) mass is 560 g/mol. The van der Waals surface area contributed by atoms with Crippen LogP contribution in [0.3, 0.4) is 0 Å². The SMILES string of the molecule is CCCC[C@H](NC=O)C(=O)N1C[C@H](Oc2cc(-c3ccccc3)nc3ccc(CCCCCO)cc23)C[C@H]1C(N)=O. The van der Waals surface area contributed by atoms with E-state index in [1.165, 1.54) is 4.90 Å². The number of carbonyl (C=O) groups excluding carboxylic acids is 3. The van der Waals surface area contributed by atoms with Crippen LogP contribution in [-0.4, -0.2) is 64.6 Å². The van der Waals surface area contributed by atoms with E-state index < -0.39 is 24.1 Å². The van der Waals surface area contributed by atoms with Crippen molar-refractivity contribution in [1.82, 2.24) is 15.2 Å². The van der Waals surface area contributed by atoms with E-state index in [9.17, 15) is 14.4 Å². The molecule has 218 valence electrons. The third-order valence-electron chi connectivity index (χ3n) is 7.61. The van der Waals surface area contributed by atoms with E-state index >= 15 is 0 Å². The molecule has 3 aromatic rings. The zero-order chi connectivity index (χ0) is 29.2. The van der Waals surface area contributed by atoms with Gasteiger partial charge < -0.3 is 25.8 Å². The van der Waals surface area contributed by atoms with Crippen LogP contribution in [0.25, 0.3) is 22.2 Å². The second-order valence-corrected chi connectivity index (χ2v) is 10.6. The maximum Gasteiger partial charge on any atom is 0.245 e. The number of hydrogen-bond acceptors (Lipinski definition) is 6. The van der Waals surface area contributed by atoms with Crippen LogP contribution in [0.4, 0.5) is 0 Å². The summed E-state index contributed by atoms with van der Waals surface area (Å²) >= 11 is 0. The summed E-state index contributed by atoms with van der Waals surface area (Å²) in [5.41, 5.74) is 9.37. The number of aryl methyl sites for hydroxylation is 1. The summed E-state index contributed by atoms with van der Waals surface area (Å²) in [7, 11) is 0. The summed E-state index contributed by atoms with van der Waals surface area (Å²) in [6.07, 6.45) is 5.99. The van der Waals surface area contributed by atoms with Gasteiger partial charge in [0.1, 0.15) is 23.9 Å². The smallest absolute Gasteiger partial charge is 0.245 e. The first-order chi connectivity index (χ1) is 19.9. The number of aliphatic hydroxyl groups is 1. The van der Waals surface area contributed by atoms with Gasteiger partial charge >= 0.3 is 0 Å². The van der Waals surface area contributed by atoms with Gasteiger partial charge in [0.2, 0.25) is 18.2 Å². The number of ether oxygens (including phenoxy) is 1. The highest BCUT2D eigenvalue weighted by Crippen LogP contribution is 2.34. The van der Waals surface area contributed by atoms with E-state index in [2.05, 4.69) is 17.4 Å². The second-order valence-electron chi connectivity index (χ2n) is 10.6. The molecule has 0 radical (unpaired) electrons. The summed E-state index contributed by atoms with van der Waals surface area (Å²) < 4.78 is 6.57. The molecule has 41 heavy (non-hydrogen) atoms. The summed E-state index contributed by atoms with van der Waals surface area (Å²) in [4.78, 5) is 43.4. The number of rotatable bonds is 15. The molecule has 4 N–H and O–H groups in total. The number of hydrogen-bond donors (Lipinski definition) is 3. The largest absolute Gasteiger partial charge is 0.488 e. The van der Waals surface area contributed by atoms with Crippen LogP contribution in [0.1, 0.15) is 57.4 Å². The Kier molecular flexibility index (Phi) is 10.7. The molecule has 0 unspecified atom stereocenters. The highest BCUT2D eigenvalue weighted by atomic mass is 16.5. The van der Waals surface area contributed by atoms with E-state index in [1.807, 2.05) is 49.4 Å². The zero-order valence-corrected chi connectivity index (χ0v) is 23.6. The maximum absolute atomic E-state index is 13.4. The Balaban J connectivity index is 1.64. The number of likely N-dealkylation sites (tertiary alicyclic amines) is 1. The fraction of sp³-hybridized carbons (Fsp3) is 0.438. The quantitative estimate of drug-likeness (QED) is 0.191. The fourth-order valence-corrected chi connectivity index (χ4v) is 5.41. The number of fused-ring (bicyclic) bond motifs is 1. The van der Waals surface area contributed by atoms with Crippen LogP contribution in [0.2, 0.25) is 0 Å². The molecule has 0 spiro atoms. The van der Waals surface area contributed by atoms with E-state index in [0.29, 0.717) is 18.6 Å². The number of nitrogens with zero attached hydrogens (tertiary/aromatic N) is 2. The molecule has 1 aliphatic rings. The second kappa shape index (κ2) is 14.6. The van der Waals surface area contributed by atoms with Crippen molar-refractivity contribution >= 4 is 29.1 Å². The van der Waals surface area contributed by atoms with Gasteiger partial charge in [0.15, 0.2) is 0 Å². The molecule has 1 fully saturated rings. The van der Waals surface area contributed by atoms with Gasteiger partial charge in [-0.25, -0.2) is 4.98 Å². The van der Waals surface area contributed by atoms with Crippen LogP contribution in [0.15, 0.2) is 54.6 Å². The number of aliphatic hydroxyl groups excluding tert-OH is 1. The van der Waals surface area contributed by atoms with Crippen molar-refractivity contribution < 1.29 is 24.2 Å². The van der Waals surface area contributed by atoms with Crippen molar-refractivity contribution in [2.45, 2.75) is 76.5 Å². The maximum atomic E-state index is 13.4. The normalized spacial score (nSPS) is 17.4. The summed E-state index contributed by atoms with van der Waals surface area (Å²) in [5, 5.41) is 12.6. The van der Waals surface area contributed by atoms with Gasteiger partial charge in [-0.1, -0.05) is 62.6 Å². The number of carbonyl (C=O) groups is 3. The molecule has 1 aromatic heterocycles. The van der Waals surface area contributed by atoms with Gasteiger partial charge in [0.05, 0.1) is 17.8 Å². The lowest BCUT2D eigenvalue weighted by molar-refractivity contribution is -0.140. The lowest BCUT2D eigenvalue weighted by Gasteiger charge is -2.26. The van der Waals surface area contributed by atoms with Crippen LogP contribution < -0.4 is 15.8 Å². The minimum atomic E-state index is -0.825. The standard InChI is InChI=1S/C32H40N4O5/c1-2-3-13-27(34-21-38)32(40)36-20-24(18-29(36)31(33)39)41-30-19-28(23-11-7-4-8-12-23)35-26-15-14-22(17-25(26)30)10-6-5-9-16-37/h4,7-8,11-12,14-15,17,19,21,24,27,29,37H,2-3,5-6,9-10,13,16,18,20H2,1H3,(H2,33,39)(H,34,38)/t24-,27+,29+/m1/s1. The number of primary amides is 1. The Morgan fingerprint density at radius 1 is 1.15 bits per heavy atom. The molecule has 3 atom stereocenters. The van der Waals surface area contributed by atoms with Crippen molar-refractivity contribution in [1.29, 1.82) is 0 Å². The highest BCUT2D eigenvalue weighted by Gasteiger charge is 2.42. The molecule has 9 heteroatoms. The molecule has 0 aliphatic carbocycles. The molecule has 1 saturated heterocycles. The number of unbranched alkanes of at least 4 members (excludes halogenated alkanes) is 3. The van der Waals surface area contributed by atoms with Crippen LogP contribution >= 0.6 is 0 Å². The van der Waals surface area contributed by atoms with E-state index in [4.69, 9.17) is 20.6 Å². The lowest BCUT2D eigenvalue weighted by Crippen LogP contribution is -2.51. The van der Waals surface area contributed by atoms with Crippen molar-refractivity contribution in [2.75, 3.05) is 13.2 Å². The average Bonchev–Trinajstić information content (AvgIpc) is 3.42. The van der Waals surface area contributed by atoms with Crippen LogP contribution in [-0.2, 0) is 20.8 Å². The Labute approximate surface area is 241 Å². The first-order valence-corrected chi connectivity index (χ1v) is 14.5. The Bertz CT molecular complexity index is 1330. The van der Waals surface area contributed by atoms with Gasteiger partial charge in [-0.15, -0.1) is 0 Å². The third-order valence-corrected chi connectivity index (χ3v) is 7.61. The number of nitrogens with one attached hydrogen (secondary N) is 1. The van der Waals surface area contributed by atoms with Gasteiger partial charge in [0.25, 0.3) is 0 Å². The first-order valence-electron chi connectivity index (χ1n) is 14.5. The van der Waals surface area contributed by atoms with E-state index in [1.54, 1.807) is 0 Å². The number of nitrogens with two attached hydrogens (primary N) is 1. The first kappa shape index (κ1) is 30.0. The third kappa shape index (κ3) is 7.61. The molecular weight excluding hydrogens is 520 g/mol. The Morgan fingerprint density at radius 3 is 2.66 bits per heavy atom. The van der Waals surface area contributed by atoms with E-state index in [0.717, 1.165) is 66.2 Å². The Hall–Kier alpha value is -3.98. The molecule has 1 aliphatic heterocycles. The van der Waals surface area contributed by atoms with Crippen molar-refractivity contribution in [2.24, 2.45) is 5.73 Å². The molecule has 0 saturated carbocycles. The highest BCUT2D eigenvalue weighted by molar-refractivity contribution is 5.91. The molecule has 0 bridgehead atoms. The number of pyridine rings is 1. The minimum absolute atomic E-state index is 0.181. The predicted molar refractivity (Wildman–Crippen MR) is 158 cm³/mol. The minimum Gasteiger partial charge on any atom is -0.488 e. The zero-order valence-electron chi connectivity index (χ0n) is 23.6. The molecule has 3 amide bonds. The molecular formula is C32H40N4O5. The summed E-state index contributed by atoms with van der Waals surface area (Å²) in [6.45, 7) is 2.39.